The summed E-state index contributed by atoms with van der Waals surface area (Å²) in [5, 5.41) is 12.8. The van der Waals surface area contributed by atoms with E-state index in [1.54, 1.807) is 0 Å². The van der Waals surface area contributed by atoms with Gasteiger partial charge in [0, 0.05) is 38.3 Å². The number of nitrogens with zero attached hydrogens (tertiary/aromatic N) is 2. The number of fused-ring (bicyclic) bond motifs is 14. The molecule has 0 saturated heterocycles. The number of para-hydroxylation sites is 3. The predicted molar refractivity (Wildman–Crippen MR) is 251 cm³/mol. The Hall–Kier alpha value is -7.16. The molecule has 0 amide bonds. The number of allylic oxidation sites excluding steroid dienone is 4. The molecule has 2 aliphatic carbocycles. The van der Waals surface area contributed by atoms with Crippen LogP contribution in [0.2, 0.25) is 0 Å². The monoisotopic (exact) mass is 752 g/mol. The van der Waals surface area contributed by atoms with E-state index in [1.165, 1.54) is 121 Å². The highest BCUT2D eigenvalue weighted by atomic mass is 15.0. The second-order valence-electron chi connectivity index (χ2n) is 17.2. The van der Waals surface area contributed by atoms with Crippen molar-refractivity contribution in [2.24, 2.45) is 0 Å². The molecule has 9 aromatic carbocycles. The molecule has 0 N–H and O–H groups in total. The summed E-state index contributed by atoms with van der Waals surface area (Å²) in [4.78, 5) is 0. The van der Waals surface area contributed by atoms with Crippen LogP contribution in [-0.2, 0) is 5.41 Å². The minimum atomic E-state index is -0.0294. The van der Waals surface area contributed by atoms with Crippen molar-refractivity contribution in [1.29, 1.82) is 0 Å². The summed E-state index contributed by atoms with van der Waals surface area (Å²) in [6.45, 7) is 4.81. The van der Waals surface area contributed by atoms with Gasteiger partial charge in [-0.05, 0) is 145 Å². The summed E-state index contributed by atoms with van der Waals surface area (Å²) in [6, 6.07) is 63.8. The Labute approximate surface area is 342 Å². The normalized spacial score (nSPS) is 14.8. The van der Waals surface area contributed by atoms with Crippen molar-refractivity contribution in [2.45, 2.75) is 32.1 Å². The highest BCUT2D eigenvalue weighted by molar-refractivity contribution is 6.26. The molecular weight excluding hydrogens is 713 g/mol. The lowest BCUT2D eigenvalue weighted by Crippen LogP contribution is -2.16. The van der Waals surface area contributed by atoms with Crippen LogP contribution < -0.4 is 0 Å². The molecule has 2 nitrogen and oxygen atoms in total. The van der Waals surface area contributed by atoms with E-state index in [1.807, 2.05) is 0 Å². The zero-order chi connectivity index (χ0) is 39.0. The Kier molecular flexibility index (Phi) is 6.65. The van der Waals surface area contributed by atoms with Crippen molar-refractivity contribution in [3.05, 3.63) is 199 Å². The lowest BCUT2D eigenvalue weighted by atomic mass is 9.80. The number of aromatic nitrogens is 2. The van der Waals surface area contributed by atoms with Crippen LogP contribution in [-0.4, -0.2) is 9.13 Å². The first-order chi connectivity index (χ1) is 29.0. The van der Waals surface area contributed by atoms with Crippen LogP contribution in [0.25, 0.3) is 104 Å². The van der Waals surface area contributed by atoms with Gasteiger partial charge in [0.25, 0.3) is 0 Å². The van der Waals surface area contributed by atoms with Crippen molar-refractivity contribution in [3.63, 3.8) is 0 Å². The van der Waals surface area contributed by atoms with Crippen LogP contribution in [0.3, 0.4) is 0 Å². The second-order valence-corrected chi connectivity index (χ2v) is 17.2. The number of hydrogen-bond acceptors (Lipinski definition) is 0. The Morgan fingerprint density at radius 2 is 0.949 bits per heavy atom. The summed E-state index contributed by atoms with van der Waals surface area (Å²) in [5.41, 5.74) is 15.6. The third-order valence-corrected chi connectivity index (χ3v) is 13.8. The second kappa shape index (κ2) is 11.9. The number of rotatable bonds is 3. The van der Waals surface area contributed by atoms with Gasteiger partial charge in [-0.2, -0.15) is 0 Å². The van der Waals surface area contributed by atoms with Gasteiger partial charge in [-0.25, -0.2) is 0 Å². The maximum absolute atomic E-state index is 2.52. The Morgan fingerprint density at radius 3 is 1.68 bits per heavy atom. The first kappa shape index (κ1) is 32.9. The highest BCUT2D eigenvalue weighted by Crippen LogP contribution is 2.52. The third kappa shape index (κ3) is 4.52. The molecule has 0 saturated carbocycles. The molecule has 0 atom stereocenters. The van der Waals surface area contributed by atoms with Gasteiger partial charge in [-0.15, -0.1) is 0 Å². The Morgan fingerprint density at radius 1 is 0.407 bits per heavy atom. The zero-order valence-electron chi connectivity index (χ0n) is 33.1. The molecule has 2 heterocycles. The molecule has 11 aromatic rings. The van der Waals surface area contributed by atoms with Gasteiger partial charge in [0.1, 0.15) is 0 Å². The van der Waals surface area contributed by atoms with Crippen LogP contribution in [0.15, 0.2) is 188 Å². The van der Waals surface area contributed by atoms with E-state index in [2.05, 4.69) is 205 Å². The van der Waals surface area contributed by atoms with Gasteiger partial charge >= 0.3 is 0 Å². The van der Waals surface area contributed by atoms with Crippen molar-refractivity contribution >= 4 is 81.5 Å². The molecule has 2 aromatic heterocycles. The topological polar surface area (TPSA) is 9.86 Å². The van der Waals surface area contributed by atoms with Crippen LogP contribution in [0.4, 0.5) is 0 Å². The lowest BCUT2D eigenvalue weighted by Gasteiger charge is -2.24. The van der Waals surface area contributed by atoms with Gasteiger partial charge in [0.05, 0.1) is 22.1 Å². The molecule has 13 rings (SSSR count). The maximum atomic E-state index is 2.52. The van der Waals surface area contributed by atoms with Crippen LogP contribution in [0, 0.1) is 0 Å². The minimum absolute atomic E-state index is 0.0294. The highest BCUT2D eigenvalue weighted by Gasteiger charge is 2.38. The molecular formula is C57H40N2. The van der Waals surface area contributed by atoms with Crippen LogP contribution in [0.1, 0.15) is 37.8 Å². The molecule has 0 aliphatic heterocycles. The van der Waals surface area contributed by atoms with E-state index in [4.69, 9.17) is 0 Å². The zero-order valence-corrected chi connectivity index (χ0v) is 33.1. The molecule has 0 fully saturated rings. The molecule has 2 aliphatic rings. The number of benzene rings is 9. The fraction of sp³-hybridized carbons (Fsp3) is 0.0877. The van der Waals surface area contributed by atoms with E-state index in [-0.39, 0.29) is 5.41 Å². The fourth-order valence-corrected chi connectivity index (χ4v) is 11.0. The summed E-state index contributed by atoms with van der Waals surface area (Å²) < 4.78 is 4.92. The fourth-order valence-electron chi connectivity index (χ4n) is 11.0. The average molecular weight is 753 g/mol. The van der Waals surface area contributed by atoms with Crippen molar-refractivity contribution in [1.82, 2.24) is 9.13 Å². The van der Waals surface area contributed by atoms with Gasteiger partial charge in [-0.1, -0.05) is 129 Å². The standard InChI is InChI=1S/C57H40N2/c1-57(2)51-21-11-8-18-43(51)48-33-50-49-31-36(25-29-55(49)58(56(50)34-52(48)57)37-14-4-3-5-15-37)35-24-27-41-39-16-6-7-17-40(39)42-28-26-38(32-47(42)46(41)30-35)59-53-22-12-9-19-44(53)45-20-10-13-23-54(45)59/h3-7,9-17,19-34H,8,18H2,1-2H3. The number of hydrogen-bond donors (Lipinski definition) is 0. The van der Waals surface area contributed by atoms with E-state index in [0.29, 0.717) is 0 Å². The van der Waals surface area contributed by atoms with Crippen molar-refractivity contribution in [3.8, 4) is 22.5 Å². The summed E-state index contributed by atoms with van der Waals surface area (Å²) in [7, 11) is 0. The maximum Gasteiger partial charge on any atom is 0.0544 e. The summed E-state index contributed by atoms with van der Waals surface area (Å²) in [5.74, 6) is 0. The minimum Gasteiger partial charge on any atom is -0.309 e. The van der Waals surface area contributed by atoms with Gasteiger partial charge < -0.3 is 9.13 Å². The summed E-state index contributed by atoms with van der Waals surface area (Å²) >= 11 is 0. The quantitative estimate of drug-likeness (QED) is 0.159. The van der Waals surface area contributed by atoms with E-state index in [0.717, 1.165) is 12.8 Å². The van der Waals surface area contributed by atoms with Crippen molar-refractivity contribution in [2.75, 3.05) is 0 Å². The van der Waals surface area contributed by atoms with Gasteiger partial charge in [0.15, 0.2) is 0 Å². The van der Waals surface area contributed by atoms with Gasteiger partial charge in [0.2, 0.25) is 0 Å². The molecule has 2 heteroatoms. The first-order valence-electron chi connectivity index (χ1n) is 21.0. The Balaban J connectivity index is 1.06. The van der Waals surface area contributed by atoms with Gasteiger partial charge in [-0.3, -0.25) is 0 Å². The van der Waals surface area contributed by atoms with E-state index >= 15 is 0 Å². The third-order valence-electron chi connectivity index (χ3n) is 13.8. The summed E-state index contributed by atoms with van der Waals surface area (Å²) in [6.07, 6.45) is 6.96. The van der Waals surface area contributed by atoms with E-state index < -0.39 is 0 Å². The molecule has 278 valence electrons. The predicted octanol–water partition coefficient (Wildman–Crippen LogP) is 15.4. The Bertz CT molecular complexity index is 3630. The first-order valence-corrected chi connectivity index (χ1v) is 21.0. The average Bonchev–Trinajstić information content (AvgIpc) is 3.88. The smallest absolute Gasteiger partial charge is 0.0544 e. The largest absolute Gasteiger partial charge is 0.309 e. The SMILES string of the molecule is CC1(C)C2=C(CCC=C2)c2cc3c4cc(-c5ccc6c7ccccc7c7ccc(-n8c9ccccc9c9ccccc98)cc7c6c5)ccc4n(-c4ccccc4)c3cc21. The molecule has 59 heavy (non-hydrogen) atoms. The molecule has 0 unspecified atom stereocenters. The molecule has 0 bridgehead atoms. The molecule has 0 spiro atoms. The molecule has 0 radical (unpaired) electrons. The van der Waals surface area contributed by atoms with E-state index in [9.17, 15) is 0 Å². The van der Waals surface area contributed by atoms with Crippen LogP contribution >= 0.6 is 0 Å². The van der Waals surface area contributed by atoms with Crippen molar-refractivity contribution < 1.29 is 0 Å². The van der Waals surface area contributed by atoms with Crippen LogP contribution in [0.5, 0.6) is 0 Å². The lowest BCUT2D eigenvalue weighted by molar-refractivity contribution is 0.652.